The van der Waals surface area contributed by atoms with E-state index in [2.05, 4.69) is 126 Å². The first-order valence-electron chi connectivity index (χ1n) is 22.0. The number of allylic oxidation sites excluding steroid dienone is 2. The minimum atomic E-state index is -4.93. The molecule has 0 nitrogen and oxygen atoms in total. The van der Waals surface area contributed by atoms with Gasteiger partial charge in [0.05, 0.1) is 0 Å². The van der Waals surface area contributed by atoms with Crippen LogP contribution in [0.5, 0.6) is 0 Å². The molecule has 0 aliphatic heterocycles. The van der Waals surface area contributed by atoms with Gasteiger partial charge in [0.2, 0.25) is 0 Å². The average Bonchev–Trinajstić information content (AvgIpc) is 3.76. The van der Waals surface area contributed by atoms with E-state index in [1.807, 2.05) is 0 Å². The molecule has 0 saturated heterocycles. The second kappa shape index (κ2) is 16.0. The van der Waals surface area contributed by atoms with E-state index in [1.54, 1.807) is 0 Å². The van der Waals surface area contributed by atoms with Crippen LogP contribution in [-0.4, -0.2) is 5.92 Å². The second-order valence-electron chi connectivity index (χ2n) is 18.1. The molecule has 0 spiro atoms. The van der Waals surface area contributed by atoms with Crippen LogP contribution in [0.2, 0.25) is 12.1 Å². The van der Waals surface area contributed by atoms with Crippen LogP contribution in [0.15, 0.2) is 83.9 Å². The van der Waals surface area contributed by atoms with Crippen molar-refractivity contribution in [2.75, 3.05) is 0 Å². The molecule has 8 rings (SSSR count). The van der Waals surface area contributed by atoms with E-state index in [1.165, 1.54) is 142 Å². The fourth-order valence-electron chi connectivity index (χ4n) is 12.1. The molecule has 4 aromatic rings. The number of fused-ring (bicyclic) bond motifs is 2. The predicted molar refractivity (Wildman–Crippen MR) is 242 cm³/mol. The van der Waals surface area contributed by atoms with Gasteiger partial charge in [-0.1, -0.05) is 0 Å². The van der Waals surface area contributed by atoms with Crippen LogP contribution in [0.1, 0.15) is 162 Å². The Labute approximate surface area is 342 Å². The fourth-order valence-corrected chi connectivity index (χ4v) is 65.7. The van der Waals surface area contributed by atoms with E-state index in [9.17, 15) is 0 Å². The van der Waals surface area contributed by atoms with Gasteiger partial charge in [0.1, 0.15) is 0 Å². The Morgan fingerprint density at radius 2 is 1.00 bits per heavy atom. The van der Waals surface area contributed by atoms with Gasteiger partial charge in [0.15, 0.2) is 0 Å². The molecule has 0 aromatic heterocycles. The summed E-state index contributed by atoms with van der Waals surface area (Å²) in [6, 6.07) is 31.4. The van der Waals surface area contributed by atoms with Gasteiger partial charge < -0.3 is 0 Å². The summed E-state index contributed by atoms with van der Waals surface area (Å²) in [5, 5.41) is 0. The first-order valence-corrected chi connectivity index (χ1v) is 37.6. The third-order valence-electron chi connectivity index (χ3n) is 14.7. The van der Waals surface area contributed by atoms with Crippen molar-refractivity contribution in [2.45, 2.75) is 143 Å². The average molecular weight is 866 g/mol. The van der Waals surface area contributed by atoms with Gasteiger partial charge in [-0.3, -0.25) is 0 Å². The molecule has 55 heavy (non-hydrogen) atoms. The van der Waals surface area contributed by atoms with Crippen LogP contribution < -0.4 is 0 Å². The summed E-state index contributed by atoms with van der Waals surface area (Å²) < 4.78 is 0.237. The van der Waals surface area contributed by atoms with E-state index in [0.29, 0.717) is 11.8 Å². The Balaban J connectivity index is 1.25. The van der Waals surface area contributed by atoms with Gasteiger partial charge in [-0.05, 0) is 0 Å². The summed E-state index contributed by atoms with van der Waals surface area (Å²) in [6.45, 7) is 14.1. The van der Waals surface area contributed by atoms with E-state index >= 15 is 0 Å². The molecule has 4 aliphatic rings. The van der Waals surface area contributed by atoms with Crippen LogP contribution in [0.25, 0.3) is 34.4 Å². The van der Waals surface area contributed by atoms with E-state index in [-0.39, 0.29) is 7.25 Å². The molecule has 4 heteroatoms. The van der Waals surface area contributed by atoms with Gasteiger partial charge >= 0.3 is 345 Å². The molecular formula is C51H63Cl2SiZr. The molecule has 0 amide bonds. The summed E-state index contributed by atoms with van der Waals surface area (Å²) in [4.78, 5) is 0. The minimum absolute atomic E-state index is 0.112. The Bertz CT molecular complexity index is 2110. The summed E-state index contributed by atoms with van der Waals surface area (Å²) in [5.74, 6) is -0.225. The third-order valence-corrected chi connectivity index (χ3v) is 64.8. The Kier molecular flexibility index (Phi) is 11.6. The number of hydrogen-bond acceptors (Lipinski definition) is 0. The molecule has 0 bridgehead atoms. The standard InChI is InChI=1S/C24H27.C23H25.C4H11Si.2ClH.Zr/c1-3-18-15-22-13-17(2)14-23(24(22)16-18)21-11-9-20(10-12-21)19-7-5-4-6-8-19;1-16-12-21-13-17(2)15-23(21)22(14-16)20-10-8-19(9-11-20)18-6-4-3-5-7-18;1-3-5-4-2;;;/h9-16,19H,3-8H2,1-2H3;8-15,18H,3-7H2,1-2H3;5H,3-4H2,1-2H3;2*1H;/q;;;;;+2/p-2. The first kappa shape index (κ1) is 39.8. The van der Waals surface area contributed by atoms with Crippen molar-refractivity contribution in [3.63, 3.8) is 0 Å². The quantitative estimate of drug-likeness (QED) is 0.139. The van der Waals surface area contributed by atoms with Crippen LogP contribution in [0, 0.1) is 13.8 Å². The molecule has 2 saturated carbocycles. The normalized spacial score (nSPS) is 21.2. The second-order valence-corrected chi connectivity index (χ2v) is 58.8. The van der Waals surface area contributed by atoms with E-state index in [0.717, 1.165) is 18.5 Å². The summed E-state index contributed by atoms with van der Waals surface area (Å²) in [5.41, 5.74) is 19.4. The molecule has 0 N–H and O–H groups in total. The number of hydrogen-bond donors (Lipinski definition) is 0. The number of aryl methyl sites for hydroxylation is 2. The first-order chi connectivity index (χ1) is 26.5. The SMILES string of the molecule is CCC1=Cc2c(-c3ccc(C4CCCCC4)cc3)cc(C)cc2[CH]1[Zr]([Cl])([Cl])([CH]1C(C)=Cc2c(-c3ccc(C4CCCCC4)cc3)cc(C)cc21)[SiH](CC)CC. The zero-order chi connectivity index (χ0) is 38.5. The molecule has 289 valence electrons. The van der Waals surface area contributed by atoms with Gasteiger partial charge in [0, 0.05) is 0 Å². The maximum absolute atomic E-state index is 8.97. The van der Waals surface area contributed by atoms with E-state index in [4.69, 9.17) is 17.0 Å². The number of halogens is 2. The molecular weight excluding hydrogens is 803 g/mol. The van der Waals surface area contributed by atoms with Gasteiger partial charge in [-0.25, -0.2) is 0 Å². The predicted octanol–water partition coefficient (Wildman–Crippen LogP) is 16.5. The zero-order valence-electron chi connectivity index (χ0n) is 34.4. The molecule has 4 aromatic carbocycles. The van der Waals surface area contributed by atoms with Crippen molar-refractivity contribution in [1.29, 1.82) is 0 Å². The molecule has 2 unspecified atom stereocenters. The number of rotatable bonds is 10. The van der Waals surface area contributed by atoms with Crippen molar-refractivity contribution >= 4 is 35.1 Å². The van der Waals surface area contributed by atoms with Crippen LogP contribution >= 0.6 is 17.0 Å². The van der Waals surface area contributed by atoms with Gasteiger partial charge in [-0.2, -0.15) is 0 Å². The van der Waals surface area contributed by atoms with Gasteiger partial charge in [0.25, 0.3) is 0 Å². The van der Waals surface area contributed by atoms with Crippen LogP contribution in [-0.2, 0) is 15.6 Å². The van der Waals surface area contributed by atoms with Crippen LogP contribution in [0.4, 0.5) is 0 Å². The molecule has 0 heterocycles. The molecule has 2 fully saturated rings. The Morgan fingerprint density at radius 3 is 1.44 bits per heavy atom. The summed E-state index contributed by atoms with van der Waals surface area (Å²) in [7, 11) is 17.9. The van der Waals surface area contributed by atoms with E-state index < -0.39 is 21.5 Å². The van der Waals surface area contributed by atoms with Crippen LogP contribution in [0.3, 0.4) is 0 Å². The van der Waals surface area contributed by atoms with Crippen molar-refractivity contribution in [2.24, 2.45) is 0 Å². The van der Waals surface area contributed by atoms with Crippen molar-refractivity contribution in [3.8, 4) is 22.3 Å². The fraction of sp³-hybridized carbons (Fsp3) is 0.451. The number of benzene rings is 4. The topological polar surface area (TPSA) is 0 Å². The monoisotopic (exact) mass is 863 g/mol. The Hall–Kier alpha value is -1.96. The Morgan fingerprint density at radius 1 is 0.564 bits per heavy atom. The zero-order valence-corrected chi connectivity index (χ0v) is 39.5. The molecule has 0 radical (unpaired) electrons. The maximum atomic E-state index is 8.97. The van der Waals surface area contributed by atoms with Crippen molar-refractivity contribution in [3.05, 3.63) is 128 Å². The van der Waals surface area contributed by atoms with Gasteiger partial charge in [-0.15, -0.1) is 0 Å². The summed E-state index contributed by atoms with van der Waals surface area (Å²) in [6.07, 6.45) is 19.6. The third kappa shape index (κ3) is 7.04. The molecule has 2 atom stereocenters. The molecule has 4 aliphatic carbocycles. The van der Waals surface area contributed by atoms with Crippen molar-refractivity contribution < 1.29 is 15.6 Å². The summed E-state index contributed by atoms with van der Waals surface area (Å²) >= 11 is -4.93. The van der Waals surface area contributed by atoms with Crippen molar-refractivity contribution in [1.82, 2.24) is 0 Å².